The molecule has 1 aliphatic rings. The van der Waals surface area contributed by atoms with E-state index >= 15 is 0 Å². The predicted molar refractivity (Wildman–Crippen MR) is 63.8 cm³/mol. The lowest BCUT2D eigenvalue weighted by atomic mass is 9.94. The van der Waals surface area contributed by atoms with Crippen LogP contribution in [0.4, 0.5) is 4.39 Å². The van der Waals surface area contributed by atoms with Crippen molar-refractivity contribution in [2.24, 2.45) is 5.92 Å². The van der Waals surface area contributed by atoms with Crippen LogP contribution >= 0.6 is 24.8 Å². The summed E-state index contributed by atoms with van der Waals surface area (Å²) in [6.45, 7) is 1.37. The maximum Gasteiger partial charge on any atom is 0.0941 e. The minimum atomic E-state index is -0.256. The normalized spacial score (nSPS) is 24.1. The zero-order valence-electron chi connectivity index (χ0n) is 8.23. The summed E-state index contributed by atoms with van der Waals surface area (Å²) in [5.41, 5.74) is 1.01. The van der Waals surface area contributed by atoms with E-state index in [-0.39, 0.29) is 43.3 Å². The average Bonchev–Trinajstić information content (AvgIpc) is 2.67. The zero-order chi connectivity index (χ0) is 9.10. The molecule has 0 aliphatic carbocycles. The molecule has 2 unspecified atom stereocenters. The fourth-order valence-electron chi connectivity index (χ4n) is 1.84. The summed E-state index contributed by atoms with van der Waals surface area (Å²) in [5, 5.41) is 3.19. The molecule has 2 heterocycles. The lowest BCUT2D eigenvalue weighted by Gasteiger charge is -2.13. The van der Waals surface area contributed by atoms with Gasteiger partial charge in [-0.1, -0.05) is 6.07 Å². The molecule has 0 amide bonds. The van der Waals surface area contributed by atoms with Crippen molar-refractivity contribution >= 4 is 24.8 Å². The van der Waals surface area contributed by atoms with E-state index in [9.17, 15) is 4.39 Å². The minimum absolute atomic E-state index is 0. The number of rotatable bonds is 2. The van der Waals surface area contributed by atoms with Gasteiger partial charge in [0, 0.05) is 36.8 Å². The molecule has 2 rings (SSSR count). The third kappa shape index (κ3) is 3.30. The molecule has 2 nitrogen and oxygen atoms in total. The van der Waals surface area contributed by atoms with Crippen LogP contribution < -0.4 is 5.32 Å². The Morgan fingerprint density at radius 2 is 2.13 bits per heavy atom. The van der Waals surface area contributed by atoms with Crippen molar-refractivity contribution in [3.63, 3.8) is 0 Å². The first kappa shape index (κ1) is 14.6. The van der Waals surface area contributed by atoms with E-state index in [4.69, 9.17) is 0 Å². The van der Waals surface area contributed by atoms with Gasteiger partial charge in [0.2, 0.25) is 0 Å². The molecule has 1 N–H and O–H groups in total. The van der Waals surface area contributed by atoms with Gasteiger partial charge in [-0.15, -0.1) is 24.8 Å². The molecule has 1 saturated heterocycles. The first-order valence-electron chi connectivity index (χ1n) is 4.59. The maximum atomic E-state index is 12.6. The summed E-state index contributed by atoms with van der Waals surface area (Å²) in [6, 6.07) is 5.81. The van der Waals surface area contributed by atoms with Gasteiger partial charge in [-0.05, 0) is 12.1 Å². The van der Waals surface area contributed by atoms with E-state index in [2.05, 4.69) is 10.3 Å². The van der Waals surface area contributed by atoms with Gasteiger partial charge in [-0.3, -0.25) is 9.37 Å². The van der Waals surface area contributed by atoms with Gasteiger partial charge in [0.1, 0.15) is 0 Å². The van der Waals surface area contributed by atoms with Gasteiger partial charge in [-0.25, -0.2) is 0 Å². The van der Waals surface area contributed by atoms with Crippen LogP contribution in [0, 0.1) is 5.92 Å². The molecule has 0 aromatic carbocycles. The lowest BCUT2D eigenvalue weighted by Crippen LogP contribution is -2.13. The van der Waals surface area contributed by atoms with Crippen LogP contribution in [0.1, 0.15) is 11.6 Å². The summed E-state index contributed by atoms with van der Waals surface area (Å²) in [4.78, 5) is 4.25. The molecule has 0 saturated carbocycles. The lowest BCUT2D eigenvalue weighted by molar-refractivity contribution is 0.356. The Hall–Kier alpha value is -0.380. The number of hydrogen-bond acceptors (Lipinski definition) is 2. The van der Waals surface area contributed by atoms with Crippen molar-refractivity contribution in [1.82, 2.24) is 10.3 Å². The van der Waals surface area contributed by atoms with E-state index in [1.165, 1.54) is 0 Å². The molecule has 15 heavy (non-hydrogen) atoms. The van der Waals surface area contributed by atoms with Crippen LogP contribution in [-0.2, 0) is 0 Å². The van der Waals surface area contributed by atoms with E-state index in [0.29, 0.717) is 0 Å². The number of hydrogen-bond donors (Lipinski definition) is 1. The topological polar surface area (TPSA) is 24.9 Å². The van der Waals surface area contributed by atoms with Gasteiger partial charge in [-0.2, -0.15) is 0 Å². The Morgan fingerprint density at radius 3 is 2.73 bits per heavy atom. The number of pyridine rings is 1. The van der Waals surface area contributed by atoms with Crippen LogP contribution in [0.15, 0.2) is 24.4 Å². The maximum absolute atomic E-state index is 12.6. The Bertz CT molecular complexity index is 271. The summed E-state index contributed by atoms with van der Waals surface area (Å²) in [5.74, 6) is 0.362. The summed E-state index contributed by atoms with van der Waals surface area (Å²) in [7, 11) is 0. The molecule has 0 spiro atoms. The molecule has 2 atom stereocenters. The Labute approximate surface area is 101 Å². The third-order valence-corrected chi connectivity index (χ3v) is 2.61. The van der Waals surface area contributed by atoms with Gasteiger partial charge < -0.3 is 5.32 Å². The third-order valence-electron chi connectivity index (χ3n) is 2.61. The number of halogens is 3. The monoisotopic (exact) mass is 252 g/mol. The second-order valence-corrected chi connectivity index (χ2v) is 3.43. The Balaban J connectivity index is 0.000000980. The van der Waals surface area contributed by atoms with E-state index < -0.39 is 0 Å². The number of aromatic nitrogens is 1. The molecule has 1 aromatic heterocycles. The molecule has 86 valence electrons. The summed E-state index contributed by atoms with van der Waals surface area (Å²) >= 11 is 0. The predicted octanol–water partition coefficient (Wildman–Crippen LogP) is 2.20. The molecule has 1 aromatic rings. The van der Waals surface area contributed by atoms with E-state index in [1.807, 2.05) is 18.2 Å². The van der Waals surface area contributed by atoms with Crippen molar-refractivity contribution in [2.45, 2.75) is 5.92 Å². The highest BCUT2D eigenvalue weighted by molar-refractivity contribution is 5.85. The SMILES string of the molecule is Cl.Cl.FCC1CNCC1c1ccccn1. The van der Waals surface area contributed by atoms with Gasteiger partial charge in [0.05, 0.1) is 6.67 Å². The number of alkyl halides is 1. The van der Waals surface area contributed by atoms with Gasteiger partial charge in [0.15, 0.2) is 0 Å². The number of nitrogens with one attached hydrogen (secondary N) is 1. The van der Waals surface area contributed by atoms with Crippen molar-refractivity contribution in [1.29, 1.82) is 0 Å². The molecule has 5 heteroatoms. The molecule has 1 fully saturated rings. The molecule has 1 aliphatic heterocycles. The largest absolute Gasteiger partial charge is 0.316 e. The van der Waals surface area contributed by atoms with Crippen LogP contribution in [0.2, 0.25) is 0 Å². The average molecular weight is 253 g/mol. The summed E-state index contributed by atoms with van der Waals surface area (Å²) < 4.78 is 12.6. The van der Waals surface area contributed by atoms with Gasteiger partial charge in [0.25, 0.3) is 0 Å². The summed E-state index contributed by atoms with van der Waals surface area (Å²) in [6.07, 6.45) is 1.77. The highest BCUT2D eigenvalue weighted by Crippen LogP contribution is 2.26. The zero-order valence-corrected chi connectivity index (χ0v) is 9.86. The minimum Gasteiger partial charge on any atom is -0.316 e. The standard InChI is InChI=1S/C10H13FN2.2ClH/c11-5-8-6-12-7-9(8)10-3-1-2-4-13-10;;/h1-4,8-9,12H,5-7H2;2*1H. The van der Waals surface area contributed by atoms with Crippen LogP contribution in [-0.4, -0.2) is 24.7 Å². The second-order valence-electron chi connectivity index (χ2n) is 3.43. The molecular formula is C10H15Cl2FN2. The van der Waals surface area contributed by atoms with Crippen LogP contribution in [0.5, 0.6) is 0 Å². The van der Waals surface area contributed by atoms with Crippen molar-refractivity contribution in [2.75, 3.05) is 19.8 Å². The fourth-order valence-corrected chi connectivity index (χ4v) is 1.84. The van der Waals surface area contributed by atoms with Crippen LogP contribution in [0.25, 0.3) is 0 Å². The Kier molecular flexibility index (Phi) is 6.81. The fraction of sp³-hybridized carbons (Fsp3) is 0.500. The van der Waals surface area contributed by atoms with Crippen LogP contribution in [0.3, 0.4) is 0 Å². The smallest absolute Gasteiger partial charge is 0.0941 e. The van der Waals surface area contributed by atoms with Crippen molar-refractivity contribution in [3.8, 4) is 0 Å². The molecule has 0 radical (unpaired) electrons. The van der Waals surface area contributed by atoms with Gasteiger partial charge >= 0.3 is 0 Å². The quantitative estimate of drug-likeness (QED) is 0.874. The number of nitrogens with zero attached hydrogens (tertiary/aromatic N) is 1. The van der Waals surface area contributed by atoms with E-state index in [0.717, 1.165) is 18.8 Å². The highest BCUT2D eigenvalue weighted by Gasteiger charge is 2.28. The van der Waals surface area contributed by atoms with Crippen molar-refractivity contribution in [3.05, 3.63) is 30.1 Å². The second kappa shape index (κ2) is 6.99. The highest BCUT2D eigenvalue weighted by atomic mass is 35.5. The molecular weight excluding hydrogens is 238 g/mol. The first-order valence-corrected chi connectivity index (χ1v) is 4.59. The van der Waals surface area contributed by atoms with Crippen molar-refractivity contribution < 1.29 is 4.39 Å². The van der Waals surface area contributed by atoms with E-state index in [1.54, 1.807) is 6.20 Å². The Morgan fingerprint density at radius 1 is 1.33 bits per heavy atom. The first-order chi connectivity index (χ1) is 6.42. The molecule has 0 bridgehead atoms.